The van der Waals surface area contributed by atoms with Crippen molar-refractivity contribution in [2.24, 2.45) is 5.92 Å². The number of nitrogens with zero attached hydrogens (tertiary/aromatic N) is 4. The zero-order valence-electron chi connectivity index (χ0n) is 23.3. The van der Waals surface area contributed by atoms with Crippen LogP contribution in [0.4, 0.5) is 5.69 Å². The lowest BCUT2D eigenvalue weighted by Gasteiger charge is -2.44. The molecule has 0 radical (unpaired) electrons. The Morgan fingerprint density at radius 3 is 2.53 bits per heavy atom. The van der Waals surface area contributed by atoms with Crippen LogP contribution in [0.2, 0.25) is 25.7 Å². The van der Waals surface area contributed by atoms with Crippen LogP contribution in [0.1, 0.15) is 55.8 Å². The van der Waals surface area contributed by atoms with Crippen LogP contribution in [0.3, 0.4) is 0 Å². The number of sulfonamides is 1. The van der Waals surface area contributed by atoms with E-state index in [1.807, 2.05) is 22.6 Å². The van der Waals surface area contributed by atoms with Crippen LogP contribution in [-0.2, 0) is 21.5 Å². The fraction of sp³-hybridized carbons (Fsp3) is 0.704. The fourth-order valence-corrected chi connectivity index (χ4v) is 7.87. The molecule has 2 aromatic rings. The van der Waals surface area contributed by atoms with Crippen LogP contribution in [0.5, 0.6) is 0 Å². The summed E-state index contributed by atoms with van der Waals surface area (Å²) in [7, 11) is -4.29. The predicted octanol–water partition coefficient (Wildman–Crippen LogP) is 4.23. The van der Waals surface area contributed by atoms with Gasteiger partial charge in [-0.25, -0.2) is 18.1 Å². The number of fused-ring (bicyclic) bond motifs is 3. The predicted molar refractivity (Wildman–Crippen MR) is 154 cm³/mol. The van der Waals surface area contributed by atoms with Gasteiger partial charge in [0.2, 0.25) is 10.0 Å². The molecule has 1 amide bonds. The summed E-state index contributed by atoms with van der Waals surface area (Å²) in [5.74, 6) is 0.398. The highest BCUT2D eigenvalue weighted by Crippen LogP contribution is 2.39. The quantitative estimate of drug-likeness (QED) is 0.326. The van der Waals surface area contributed by atoms with Crippen molar-refractivity contribution >= 4 is 40.7 Å². The molecule has 2 saturated carbocycles. The summed E-state index contributed by atoms with van der Waals surface area (Å²) in [6.45, 7) is 12.0. The van der Waals surface area contributed by atoms with Gasteiger partial charge in [0, 0.05) is 51.6 Å². The highest BCUT2D eigenvalue weighted by atomic mass is 32.2. The molecule has 11 heteroatoms. The minimum absolute atomic E-state index is 0.0375. The number of carbonyl (C=O) groups is 1. The van der Waals surface area contributed by atoms with Gasteiger partial charge in [-0.2, -0.15) is 0 Å². The number of ether oxygens (including phenoxy) is 1. The van der Waals surface area contributed by atoms with Crippen molar-refractivity contribution in [1.82, 2.24) is 19.2 Å². The molecule has 0 saturated heterocycles. The summed E-state index contributed by atoms with van der Waals surface area (Å²) in [6, 6.07) is 3.49. The summed E-state index contributed by atoms with van der Waals surface area (Å²) in [5.41, 5.74) is 2.51. The molecule has 210 valence electrons. The summed E-state index contributed by atoms with van der Waals surface area (Å²) in [4.78, 5) is 22.3. The smallest absolute Gasteiger partial charge is 0.258 e. The lowest BCUT2D eigenvalue weighted by atomic mass is 9.85. The molecule has 0 spiro atoms. The van der Waals surface area contributed by atoms with E-state index in [4.69, 9.17) is 9.72 Å². The van der Waals surface area contributed by atoms with E-state index in [0.29, 0.717) is 44.0 Å². The van der Waals surface area contributed by atoms with E-state index in [1.54, 1.807) is 6.20 Å². The summed E-state index contributed by atoms with van der Waals surface area (Å²) in [5, 5.41) is 0.829. The second kappa shape index (κ2) is 10.9. The molecule has 2 aliphatic carbocycles. The molecular weight excluding hydrogens is 518 g/mol. The maximum Gasteiger partial charge on any atom is 0.258 e. The Kier molecular flexibility index (Phi) is 7.92. The third-order valence-electron chi connectivity index (χ3n) is 8.29. The zero-order valence-corrected chi connectivity index (χ0v) is 25.1. The van der Waals surface area contributed by atoms with Gasteiger partial charge in [0.1, 0.15) is 12.4 Å². The largest absolute Gasteiger partial charge is 0.361 e. The Hall–Kier alpha value is -1.95. The molecule has 0 bridgehead atoms. The van der Waals surface area contributed by atoms with E-state index >= 15 is 0 Å². The first-order valence-corrected chi connectivity index (χ1v) is 19.4. The van der Waals surface area contributed by atoms with Crippen LogP contribution in [0.25, 0.3) is 11.0 Å². The molecular formula is C27H43N5O4SSi. The van der Waals surface area contributed by atoms with Gasteiger partial charge in [0.25, 0.3) is 5.91 Å². The van der Waals surface area contributed by atoms with Crippen molar-refractivity contribution < 1.29 is 17.9 Å². The van der Waals surface area contributed by atoms with Crippen LogP contribution >= 0.6 is 0 Å². The molecule has 0 atom stereocenters. The number of amides is 1. The van der Waals surface area contributed by atoms with E-state index < -0.39 is 18.1 Å². The summed E-state index contributed by atoms with van der Waals surface area (Å²) < 4.78 is 35.4. The third-order valence-corrected chi connectivity index (χ3v) is 11.9. The third kappa shape index (κ3) is 5.95. The van der Waals surface area contributed by atoms with E-state index in [9.17, 15) is 13.2 Å². The topological polar surface area (TPSA) is 96.8 Å². The average Bonchev–Trinajstić information content (AvgIpc) is 3.67. The van der Waals surface area contributed by atoms with Crippen LogP contribution in [0.15, 0.2) is 18.5 Å². The molecule has 0 unspecified atom stereocenters. The Morgan fingerprint density at radius 2 is 1.87 bits per heavy atom. The number of carbonyl (C=O) groups excluding carboxylic acids is 1. The number of hydrogen-bond acceptors (Lipinski definition) is 6. The van der Waals surface area contributed by atoms with Gasteiger partial charge in [-0.15, -0.1) is 0 Å². The molecule has 1 aliphatic heterocycles. The normalized spacial score (nSPS) is 22.8. The van der Waals surface area contributed by atoms with Crippen molar-refractivity contribution in [1.29, 1.82) is 0 Å². The monoisotopic (exact) mass is 561 g/mol. The highest BCUT2D eigenvalue weighted by Gasteiger charge is 2.38. The lowest BCUT2D eigenvalue weighted by molar-refractivity contribution is 0.0741. The van der Waals surface area contributed by atoms with Gasteiger partial charge in [0.05, 0.1) is 23.2 Å². The van der Waals surface area contributed by atoms with Gasteiger partial charge < -0.3 is 19.1 Å². The number of pyridine rings is 1. The molecule has 1 N–H and O–H groups in total. The van der Waals surface area contributed by atoms with Gasteiger partial charge in [-0.05, 0) is 63.5 Å². The Bertz CT molecular complexity index is 1260. The Balaban J connectivity index is 1.32. The van der Waals surface area contributed by atoms with Crippen LogP contribution < -0.4 is 9.62 Å². The lowest BCUT2D eigenvalue weighted by Crippen LogP contribution is -2.52. The molecule has 38 heavy (non-hydrogen) atoms. The molecule has 0 aromatic carbocycles. The fourth-order valence-electron chi connectivity index (χ4n) is 5.66. The Labute approximate surface area is 228 Å². The SMILES string of the molecule is CCN1CN([C@H]2CC[C@H](CNS(=O)(=O)C3CC3)CC2)c2c(cnc3c2ccn3COCC[Si](C)(C)C)C1=O. The van der Waals surface area contributed by atoms with Gasteiger partial charge >= 0.3 is 0 Å². The number of nitrogens with one attached hydrogen (secondary N) is 1. The maximum atomic E-state index is 13.3. The van der Waals surface area contributed by atoms with Gasteiger partial charge in [-0.3, -0.25) is 4.79 Å². The standard InChI is InChI=1S/C27H43N5O4SSi/c1-5-30-18-32(21-8-6-20(7-9-21)16-29-37(34,35)22-10-11-22)25-23-12-13-31(19-36-14-15-38(2,3)4)26(23)28-17-24(25)27(30)33/h12-13,17,20-22,29H,5-11,14-16,18-19H2,1-4H3/t20-,21-. The maximum absolute atomic E-state index is 13.3. The van der Waals surface area contributed by atoms with Crippen LogP contribution in [-0.4, -0.2) is 74.5 Å². The summed E-state index contributed by atoms with van der Waals surface area (Å²) in [6.07, 6.45) is 9.25. The van der Waals surface area contributed by atoms with Gasteiger partial charge in [0.15, 0.2) is 0 Å². The van der Waals surface area contributed by atoms with Crippen molar-refractivity contribution in [3.05, 3.63) is 24.0 Å². The molecule has 2 aromatic heterocycles. The van der Waals surface area contributed by atoms with Gasteiger partial charge in [-0.1, -0.05) is 19.6 Å². The van der Waals surface area contributed by atoms with Crippen LogP contribution in [0, 0.1) is 5.92 Å². The van der Waals surface area contributed by atoms with Crippen molar-refractivity contribution in [2.45, 2.75) is 89.2 Å². The minimum Gasteiger partial charge on any atom is -0.361 e. The first-order chi connectivity index (χ1) is 18.1. The number of anilines is 1. The van der Waals surface area contributed by atoms with E-state index in [0.717, 1.165) is 67.9 Å². The second-order valence-electron chi connectivity index (χ2n) is 12.4. The molecule has 2 fully saturated rings. The zero-order chi connectivity index (χ0) is 27.1. The molecule has 5 rings (SSSR count). The highest BCUT2D eigenvalue weighted by molar-refractivity contribution is 7.90. The first-order valence-electron chi connectivity index (χ1n) is 14.2. The van der Waals surface area contributed by atoms with Crippen molar-refractivity contribution in [2.75, 3.05) is 31.3 Å². The molecule has 3 heterocycles. The van der Waals surface area contributed by atoms with E-state index in [-0.39, 0.29) is 11.2 Å². The number of hydrogen-bond donors (Lipinski definition) is 1. The Morgan fingerprint density at radius 1 is 1.13 bits per heavy atom. The molecule has 3 aliphatic rings. The average molecular weight is 562 g/mol. The molecule has 9 nitrogen and oxygen atoms in total. The van der Waals surface area contributed by atoms with Crippen molar-refractivity contribution in [3.63, 3.8) is 0 Å². The second-order valence-corrected chi connectivity index (χ2v) is 20.1. The van der Waals surface area contributed by atoms with Crippen molar-refractivity contribution in [3.8, 4) is 0 Å². The number of aromatic nitrogens is 2. The first kappa shape index (κ1) is 27.6. The van der Waals surface area contributed by atoms with E-state index in [1.165, 1.54) is 0 Å². The minimum atomic E-state index is -3.14. The number of rotatable bonds is 11. The summed E-state index contributed by atoms with van der Waals surface area (Å²) >= 11 is 0. The van der Waals surface area contributed by atoms with E-state index in [2.05, 4.69) is 35.3 Å².